The van der Waals surface area contributed by atoms with Crippen molar-refractivity contribution in [3.05, 3.63) is 89.5 Å². The van der Waals surface area contributed by atoms with Crippen LogP contribution in [0.5, 0.6) is 5.75 Å². The summed E-state index contributed by atoms with van der Waals surface area (Å²) >= 11 is 0. The van der Waals surface area contributed by atoms with Crippen LogP contribution in [0.1, 0.15) is 27.9 Å². The summed E-state index contributed by atoms with van der Waals surface area (Å²) in [6, 6.07) is 23.6. The monoisotopic (exact) mass is 403 g/mol. The maximum atomic E-state index is 12.1. The van der Waals surface area contributed by atoms with Crippen molar-refractivity contribution in [1.29, 1.82) is 0 Å². The number of aryl methyl sites for hydroxylation is 1. The smallest absolute Gasteiger partial charge is 0.307 e. The second-order valence-electron chi connectivity index (χ2n) is 6.90. The molecule has 1 N–H and O–H groups in total. The number of carbonyl (C=O) groups excluding carboxylic acids is 2. The maximum absolute atomic E-state index is 12.1. The molecule has 0 atom stereocenters. The summed E-state index contributed by atoms with van der Waals surface area (Å²) in [6.45, 7) is 2.76. The molecule has 0 radical (unpaired) electrons. The van der Waals surface area contributed by atoms with Gasteiger partial charge in [-0.25, -0.2) is 0 Å². The molecule has 0 spiro atoms. The van der Waals surface area contributed by atoms with Gasteiger partial charge in [-0.05, 0) is 53.4 Å². The molecule has 0 fully saturated rings. The topological polar surface area (TPSA) is 64.6 Å². The molecule has 154 valence electrons. The number of rotatable bonds is 8. The summed E-state index contributed by atoms with van der Waals surface area (Å²) in [6.07, 6.45) is 0.145. The minimum atomic E-state index is -0.355. The first-order valence-electron chi connectivity index (χ1n) is 9.79. The lowest BCUT2D eigenvalue weighted by Gasteiger charge is -2.11. The minimum absolute atomic E-state index is 0.145. The van der Waals surface area contributed by atoms with Gasteiger partial charge in [0.15, 0.2) is 0 Å². The van der Waals surface area contributed by atoms with E-state index < -0.39 is 0 Å². The van der Waals surface area contributed by atoms with E-state index in [9.17, 15) is 9.59 Å². The Kier molecular flexibility index (Phi) is 7.22. The van der Waals surface area contributed by atoms with Crippen molar-refractivity contribution in [2.75, 3.05) is 13.7 Å². The highest BCUT2D eigenvalue weighted by molar-refractivity contribution is 5.94. The average molecular weight is 403 g/mol. The summed E-state index contributed by atoms with van der Waals surface area (Å²) in [5.74, 6) is 0.0941. The first-order chi connectivity index (χ1) is 14.6. The standard InChI is InChI=1S/C25H25NO4/c1-18-16-21(19-6-4-3-5-7-19)8-9-22(18)17-30-23-12-10-20(11-13-23)25(28)26-15-14-24(27)29-2/h3-13,16H,14-15,17H2,1-2H3,(H,26,28). The Morgan fingerprint density at radius 1 is 0.900 bits per heavy atom. The Labute approximate surface area is 176 Å². The number of methoxy groups -OCH3 is 1. The van der Waals surface area contributed by atoms with Gasteiger partial charge in [0, 0.05) is 12.1 Å². The molecular weight excluding hydrogens is 378 g/mol. The van der Waals surface area contributed by atoms with Crippen molar-refractivity contribution in [3.8, 4) is 16.9 Å². The van der Waals surface area contributed by atoms with E-state index >= 15 is 0 Å². The van der Waals surface area contributed by atoms with Crippen molar-refractivity contribution < 1.29 is 19.1 Å². The summed E-state index contributed by atoms with van der Waals surface area (Å²) < 4.78 is 10.4. The number of amides is 1. The van der Waals surface area contributed by atoms with Crippen LogP contribution in [0.3, 0.4) is 0 Å². The quantitative estimate of drug-likeness (QED) is 0.561. The zero-order valence-electron chi connectivity index (χ0n) is 17.2. The molecule has 0 heterocycles. The number of hydrogen-bond donors (Lipinski definition) is 1. The van der Waals surface area contributed by atoms with E-state index in [1.54, 1.807) is 24.3 Å². The lowest BCUT2D eigenvalue weighted by molar-refractivity contribution is -0.140. The van der Waals surface area contributed by atoms with Crippen LogP contribution in [0.2, 0.25) is 0 Å². The SMILES string of the molecule is COC(=O)CCNC(=O)c1ccc(OCc2ccc(-c3ccccc3)cc2C)cc1. The van der Waals surface area contributed by atoms with Gasteiger partial charge in [-0.15, -0.1) is 0 Å². The Morgan fingerprint density at radius 3 is 2.30 bits per heavy atom. The number of carbonyl (C=O) groups is 2. The molecular formula is C25H25NO4. The molecule has 0 aromatic heterocycles. The Bertz CT molecular complexity index is 997. The van der Waals surface area contributed by atoms with Gasteiger partial charge in [0.25, 0.3) is 5.91 Å². The fourth-order valence-electron chi connectivity index (χ4n) is 3.01. The van der Waals surface area contributed by atoms with Crippen molar-refractivity contribution in [2.24, 2.45) is 0 Å². The Balaban J connectivity index is 1.55. The molecule has 3 aromatic rings. The van der Waals surface area contributed by atoms with Crippen LogP contribution in [0.4, 0.5) is 0 Å². The van der Waals surface area contributed by atoms with Crippen LogP contribution >= 0.6 is 0 Å². The Hall–Kier alpha value is -3.60. The summed E-state index contributed by atoms with van der Waals surface area (Å²) in [4.78, 5) is 23.2. The van der Waals surface area contributed by atoms with Crippen molar-refractivity contribution >= 4 is 11.9 Å². The molecule has 5 heteroatoms. The minimum Gasteiger partial charge on any atom is -0.489 e. The van der Waals surface area contributed by atoms with Gasteiger partial charge < -0.3 is 14.8 Å². The third-order valence-corrected chi connectivity index (χ3v) is 4.80. The van der Waals surface area contributed by atoms with E-state index in [1.807, 2.05) is 18.2 Å². The van der Waals surface area contributed by atoms with Gasteiger partial charge >= 0.3 is 5.97 Å². The molecule has 0 saturated carbocycles. The number of benzene rings is 3. The van der Waals surface area contributed by atoms with Crippen molar-refractivity contribution in [2.45, 2.75) is 20.0 Å². The summed E-state index contributed by atoms with van der Waals surface area (Å²) in [5.41, 5.74) is 5.15. The van der Waals surface area contributed by atoms with E-state index in [0.717, 1.165) is 11.1 Å². The van der Waals surface area contributed by atoms with Crippen LogP contribution in [-0.4, -0.2) is 25.5 Å². The Morgan fingerprint density at radius 2 is 1.63 bits per heavy atom. The summed E-state index contributed by atoms with van der Waals surface area (Å²) in [5, 5.41) is 2.69. The van der Waals surface area contributed by atoms with Gasteiger partial charge in [-0.2, -0.15) is 0 Å². The normalized spacial score (nSPS) is 10.3. The highest BCUT2D eigenvalue weighted by Crippen LogP contribution is 2.23. The number of esters is 1. The van der Waals surface area contributed by atoms with Crippen molar-refractivity contribution in [3.63, 3.8) is 0 Å². The van der Waals surface area contributed by atoms with E-state index in [-0.39, 0.29) is 24.8 Å². The molecule has 3 rings (SSSR count). The number of ether oxygens (including phenoxy) is 2. The zero-order chi connectivity index (χ0) is 21.3. The second-order valence-corrected chi connectivity index (χ2v) is 6.90. The fourth-order valence-corrected chi connectivity index (χ4v) is 3.01. The highest BCUT2D eigenvalue weighted by atomic mass is 16.5. The summed E-state index contributed by atoms with van der Waals surface area (Å²) in [7, 11) is 1.32. The lowest BCUT2D eigenvalue weighted by atomic mass is 10.0. The molecule has 3 aromatic carbocycles. The van der Waals surface area contributed by atoms with Gasteiger partial charge in [-0.3, -0.25) is 9.59 Å². The second kappa shape index (κ2) is 10.3. The molecule has 0 aliphatic rings. The molecule has 1 amide bonds. The van der Waals surface area contributed by atoms with E-state index in [1.165, 1.54) is 18.2 Å². The third kappa shape index (κ3) is 5.70. The van der Waals surface area contributed by atoms with Gasteiger partial charge in [0.1, 0.15) is 12.4 Å². The average Bonchev–Trinajstić information content (AvgIpc) is 2.79. The third-order valence-electron chi connectivity index (χ3n) is 4.80. The van der Waals surface area contributed by atoms with E-state index in [0.29, 0.717) is 17.9 Å². The van der Waals surface area contributed by atoms with Gasteiger partial charge in [-0.1, -0.05) is 48.5 Å². The molecule has 0 aliphatic heterocycles. The van der Waals surface area contributed by atoms with Crippen LogP contribution in [0.15, 0.2) is 72.8 Å². The molecule has 0 unspecified atom stereocenters. The molecule has 30 heavy (non-hydrogen) atoms. The van der Waals surface area contributed by atoms with E-state index in [4.69, 9.17) is 4.74 Å². The zero-order valence-corrected chi connectivity index (χ0v) is 17.2. The largest absolute Gasteiger partial charge is 0.489 e. The molecule has 5 nitrogen and oxygen atoms in total. The van der Waals surface area contributed by atoms with E-state index in [2.05, 4.69) is 47.3 Å². The first-order valence-corrected chi connectivity index (χ1v) is 9.79. The molecule has 0 saturated heterocycles. The molecule has 0 bridgehead atoms. The van der Waals surface area contributed by atoms with Gasteiger partial charge in [0.2, 0.25) is 0 Å². The fraction of sp³-hybridized carbons (Fsp3) is 0.200. The van der Waals surface area contributed by atoms with Gasteiger partial charge in [0.05, 0.1) is 13.5 Å². The number of nitrogens with one attached hydrogen (secondary N) is 1. The van der Waals surface area contributed by atoms with Crippen LogP contribution in [-0.2, 0) is 16.1 Å². The highest BCUT2D eigenvalue weighted by Gasteiger charge is 2.08. The van der Waals surface area contributed by atoms with Crippen LogP contribution in [0.25, 0.3) is 11.1 Å². The molecule has 0 aliphatic carbocycles. The van der Waals surface area contributed by atoms with Crippen LogP contribution in [0, 0.1) is 6.92 Å². The first kappa shape index (κ1) is 21.1. The predicted octanol–water partition coefficient (Wildman–Crippen LogP) is 4.53. The van der Waals surface area contributed by atoms with Crippen molar-refractivity contribution in [1.82, 2.24) is 5.32 Å². The predicted molar refractivity (Wildman–Crippen MR) is 116 cm³/mol. The van der Waals surface area contributed by atoms with Crippen LogP contribution < -0.4 is 10.1 Å². The lowest BCUT2D eigenvalue weighted by Crippen LogP contribution is -2.26. The number of hydrogen-bond acceptors (Lipinski definition) is 4. The maximum Gasteiger partial charge on any atom is 0.307 e.